The zero-order valence-corrected chi connectivity index (χ0v) is 46.1. The molecule has 5 heterocycles. The van der Waals surface area contributed by atoms with E-state index in [4.69, 9.17) is 5.73 Å². The smallest absolute Gasteiger partial charge is 0.328 e. The zero-order chi connectivity index (χ0) is 59.7. The third-order valence-corrected chi connectivity index (χ3v) is 15.3. The molecule has 83 heavy (non-hydrogen) atoms. The standard InChI is InChI=1S/C56H75N13O14/c1-31(70)47(56(82)83)67-49(75)38(11-4-5-21-57)62-51(77)42(27-34-29-58-30-61-34)64-48(74)39(19-20-46(72)73)63-52(78)44-13-8-24-69(44)55(81)43(25-32-15-17-35(71)18-16-32)66-50(76)41(26-33-28-60-37-10-3-2-9-36(33)37)65-53(79)45-14-7-23-68(45)54(80)40-12-6-22-59-40/h2-3,9-10,15-18,28-31,38-45,47,59-60,70-71H,4-8,11-14,19-27,57H2,1H3,(H,58,61)(H,62,77)(H,63,78)(H,64,74)(H,65,79)(H,66,76)(H,67,75)(H,72,73)(H,82,83)/t31-,38+,39+,40+,41+,42+,43+,44+,45+,47+/m1/s1. The van der Waals surface area contributed by atoms with Crippen LogP contribution in [-0.4, -0.2) is 191 Å². The van der Waals surface area contributed by atoms with Crippen LogP contribution in [0, 0.1) is 0 Å². The number of aromatic nitrogens is 3. The highest BCUT2D eigenvalue weighted by atomic mass is 16.4. The number of phenolic OH excluding ortho intramolecular Hbond substituents is 1. The second kappa shape index (κ2) is 29.5. The van der Waals surface area contributed by atoms with Crippen LogP contribution in [0.4, 0.5) is 0 Å². The summed E-state index contributed by atoms with van der Waals surface area (Å²) in [6, 6.07) is 1.83. The minimum Gasteiger partial charge on any atom is -0.508 e. The van der Waals surface area contributed by atoms with Crippen molar-refractivity contribution in [1.29, 1.82) is 0 Å². The Kier molecular flexibility index (Phi) is 22.1. The van der Waals surface area contributed by atoms with E-state index >= 15 is 4.79 Å². The van der Waals surface area contributed by atoms with Gasteiger partial charge in [0.25, 0.3) is 0 Å². The van der Waals surface area contributed by atoms with Crippen LogP contribution in [0.2, 0.25) is 0 Å². The number of phenols is 1. The number of aliphatic hydroxyl groups is 1. The number of likely N-dealkylation sites (tertiary alicyclic amines) is 2. The lowest BCUT2D eigenvalue weighted by Crippen LogP contribution is -2.61. The molecule has 10 atom stereocenters. The molecule has 0 radical (unpaired) electrons. The van der Waals surface area contributed by atoms with Gasteiger partial charge in [-0.3, -0.25) is 43.2 Å². The Hall–Kier alpha value is -8.43. The molecule has 15 N–H and O–H groups in total. The molecule has 2 aromatic heterocycles. The van der Waals surface area contributed by atoms with E-state index in [2.05, 4.69) is 52.2 Å². The van der Waals surface area contributed by atoms with Crippen molar-refractivity contribution >= 4 is 70.1 Å². The van der Waals surface area contributed by atoms with Crippen molar-refractivity contribution in [2.24, 2.45) is 5.73 Å². The summed E-state index contributed by atoms with van der Waals surface area (Å²) in [5.74, 6) is -8.88. The number of aliphatic hydroxyl groups excluding tert-OH is 1. The number of nitrogens with zero attached hydrogens (tertiary/aromatic N) is 3. The average Bonchev–Trinajstić information content (AvgIpc) is 4.43. The minimum atomic E-state index is -1.73. The molecule has 4 aromatic rings. The molecule has 3 aliphatic rings. The average molecular weight is 1150 g/mol. The van der Waals surface area contributed by atoms with Crippen molar-refractivity contribution < 1.29 is 68.4 Å². The number of hydrogen-bond donors (Lipinski definition) is 14. The number of H-pyrrole nitrogens is 2. The van der Waals surface area contributed by atoms with Gasteiger partial charge < -0.3 is 83.1 Å². The number of aromatic hydroxyl groups is 1. The minimum absolute atomic E-state index is 0.0125. The molecule has 7 rings (SSSR count). The van der Waals surface area contributed by atoms with Gasteiger partial charge in [-0.25, -0.2) is 9.78 Å². The van der Waals surface area contributed by atoms with Gasteiger partial charge in [-0.2, -0.15) is 0 Å². The van der Waals surface area contributed by atoms with Crippen molar-refractivity contribution in [3.8, 4) is 5.75 Å². The number of carboxylic acid groups (broad SMARTS) is 2. The van der Waals surface area contributed by atoms with E-state index in [0.29, 0.717) is 68.4 Å². The summed E-state index contributed by atoms with van der Waals surface area (Å²) < 4.78 is 0. The second-order valence-electron chi connectivity index (χ2n) is 21.3. The maximum atomic E-state index is 15.1. The number of carbonyl (C=O) groups excluding carboxylic acids is 8. The third kappa shape index (κ3) is 16.8. The van der Waals surface area contributed by atoms with Gasteiger partial charge in [-0.1, -0.05) is 30.3 Å². The first-order valence-electron chi connectivity index (χ1n) is 28.1. The van der Waals surface area contributed by atoms with Crippen molar-refractivity contribution in [3.05, 3.63) is 84.1 Å². The van der Waals surface area contributed by atoms with Crippen LogP contribution < -0.4 is 43.0 Å². The number of aromatic amines is 2. The van der Waals surface area contributed by atoms with Gasteiger partial charge in [0.05, 0.1) is 18.5 Å². The fourth-order valence-corrected chi connectivity index (χ4v) is 10.8. The van der Waals surface area contributed by atoms with E-state index in [1.165, 1.54) is 29.6 Å². The number of para-hydroxylation sites is 1. The fourth-order valence-electron chi connectivity index (χ4n) is 10.8. The van der Waals surface area contributed by atoms with Crippen molar-refractivity contribution in [2.75, 3.05) is 26.2 Å². The summed E-state index contributed by atoms with van der Waals surface area (Å²) in [6.45, 7) is 2.45. The summed E-state index contributed by atoms with van der Waals surface area (Å²) in [6.07, 6.45) is 4.78. The number of benzene rings is 2. The summed E-state index contributed by atoms with van der Waals surface area (Å²) >= 11 is 0. The highest BCUT2D eigenvalue weighted by Crippen LogP contribution is 2.25. The van der Waals surface area contributed by atoms with Crippen LogP contribution in [-0.2, 0) is 67.2 Å². The first-order chi connectivity index (χ1) is 39.8. The number of fused-ring (bicyclic) bond motifs is 1. The van der Waals surface area contributed by atoms with Crippen LogP contribution in [0.15, 0.2) is 67.3 Å². The van der Waals surface area contributed by atoms with E-state index < -0.39 is 127 Å². The summed E-state index contributed by atoms with van der Waals surface area (Å²) in [5, 5.41) is 59.3. The molecule has 0 bridgehead atoms. The Balaban J connectivity index is 1.11. The molecule has 0 spiro atoms. The molecule has 2 aromatic carbocycles. The lowest BCUT2D eigenvalue weighted by Gasteiger charge is -2.31. The zero-order valence-electron chi connectivity index (χ0n) is 46.1. The van der Waals surface area contributed by atoms with E-state index in [1.54, 1.807) is 23.2 Å². The number of unbranched alkanes of at least 4 members (excludes halogenated alkanes) is 1. The number of amides is 8. The molecule has 0 saturated carbocycles. The van der Waals surface area contributed by atoms with Crippen LogP contribution in [0.5, 0.6) is 5.75 Å². The predicted molar refractivity (Wildman–Crippen MR) is 297 cm³/mol. The second-order valence-corrected chi connectivity index (χ2v) is 21.3. The Bertz CT molecular complexity index is 2930. The molecule has 8 amide bonds. The van der Waals surface area contributed by atoms with Crippen molar-refractivity contribution in [1.82, 2.24) is 62.0 Å². The molecule has 448 valence electrons. The van der Waals surface area contributed by atoms with Gasteiger partial charge >= 0.3 is 11.9 Å². The maximum absolute atomic E-state index is 15.1. The Labute approximate surface area is 478 Å². The summed E-state index contributed by atoms with van der Waals surface area (Å²) in [7, 11) is 0. The SMILES string of the molecule is C[C@@H](O)[C@H](NC(=O)[C@H](CCCCN)NC(=O)[C@H](Cc1cnc[nH]1)NC(=O)[C@H](CCC(=O)O)NC(=O)[C@@H]1CCCN1C(=O)[C@H](Cc1ccc(O)cc1)NC(=O)[C@H](Cc1c[nH]c2ccccc12)NC(=O)[C@@H]1CCCN1C(=O)[C@@H]1CCCN1)C(=O)O. The quantitative estimate of drug-likeness (QED) is 0.0282. The molecule has 3 fully saturated rings. The molecular formula is C56H75N13O14. The monoisotopic (exact) mass is 1150 g/mol. The number of hydrogen-bond acceptors (Lipinski definition) is 15. The molecule has 0 unspecified atom stereocenters. The van der Waals surface area contributed by atoms with Gasteiger partial charge in [0.2, 0.25) is 47.3 Å². The van der Waals surface area contributed by atoms with Crippen molar-refractivity contribution in [2.45, 2.75) is 157 Å². The number of nitrogens with two attached hydrogens (primary N) is 1. The first kappa shape index (κ1) is 62.2. The molecular weight excluding hydrogens is 1080 g/mol. The van der Waals surface area contributed by atoms with Gasteiger partial charge in [0.1, 0.15) is 48.0 Å². The number of aliphatic carboxylic acids is 2. The largest absolute Gasteiger partial charge is 0.508 e. The van der Waals surface area contributed by atoms with Gasteiger partial charge in [0, 0.05) is 67.8 Å². The van der Waals surface area contributed by atoms with Crippen LogP contribution in [0.25, 0.3) is 10.9 Å². The van der Waals surface area contributed by atoms with E-state index in [-0.39, 0.29) is 56.9 Å². The van der Waals surface area contributed by atoms with Crippen LogP contribution >= 0.6 is 0 Å². The molecule has 0 aliphatic carbocycles. The van der Waals surface area contributed by atoms with Gasteiger partial charge in [-0.05, 0) is 114 Å². The number of imidazole rings is 1. The fraction of sp³-hybridized carbons (Fsp3) is 0.518. The highest BCUT2D eigenvalue weighted by Gasteiger charge is 2.43. The predicted octanol–water partition coefficient (Wildman–Crippen LogP) is -1.27. The summed E-state index contributed by atoms with van der Waals surface area (Å²) in [4.78, 5) is 151. The highest BCUT2D eigenvalue weighted by molar-refractivity contribution is 5.99. The third-order valence-electron chi connectivity index (χ3n) is 15.3. The van der Waals surface area contributed by atoms with E-state index in [1.807, 2.05) is 24.3 Å². The first-order valence-corrected chi connectivity index (χ1v) is 28.1. The number of nitrogens with one attached hydrogen (secondary N) is 9. The lowest BCUT2D eigenvalue weighted by atomic mass is 10.0. The van der Waals surface area contributed by atoms with Gasteiger partial charge in [0.15, 0.2) is 6.04 Å². The molecule has 27 nitrogen and oxygen atoms in total. The van der Waals surface area contributed by atoms with Crippen LogP contribution in [0.3, 0.4) is 0 Å². The number of rotatable bonds is 29. The topological polar surface area (TPSA) is 413 Å². The van der Waals surface area contributed by atoms with E-state index in [0.717, 1.165) is 24.2 Å². The summed E-state index contributed by atoms with van der Waals surface area (Å²) in [5.41, 5.74) is 7.97. The Morgan fingerprint density at radius 2 is 1.30 bits per heavy atom. The van der Waals surface area contributed by atoms with Crippen molar-refractivity contribution in [3.63, 3.8) is 0 Å². The molecule has 27 heteroatoms. The van der Waals surface area contributed by atoms with E-state index in [9.17, 15) is 63.6 Å². The maximum Gasteiger partial charge on any atom is 0.328 e. The Morgan fingerprint density at radius 1 is 0.687 bits per heavy atom. The Morgan fingerprint density at radius 3 is 1.94 bits per heavy atom. The molecule has 3 saturated heterocycles. The molecule has 3 aliphatic heterocycles. The van der Waals surface area contributed by atoms with Gasteiger partial charge in [-0.15, -0.1) is 0 Å². The lowest BCUT2D eigenvalue weighted by molar-refractivity contribution is -0.145. The number of carboxylic acids is 2. The number of carbonyl (C=O) groups is 10. The normalized spacial score (nSPS) is 19.3. The van der Waals surface area contributed by atoms with Crippen LogP contribution in [0.1, 0.15) is 94.4 Å².